The van der Waals surface area contributed by atoms with Crippen LogP contribution in [0.1, 0.15) is 32.6 Å². The number of benzene rings is 1. The molecule has 1 amide bonds. The second kappa shape index (κ2) is 13.1. The third-order valence-corrected chi connectivity index (χ3v) is 3.44. The van der Waals surface area contributed by atoms with E-state index in [0.29, 0.717) is 13.2 Å². The van der Waals surface area contributed by atoms with Crippen LogP contribution in [0.5, 0.6) is 5.75 Å². The molecule has 8 heteroatoms. The maximum Gasteiger partial charge on any atom is 0.306 e. The van der Waals surface area contributed by atoms with Crippen LogP contribution in [0.2, 0.25) is 0 Å². The van der Waals surface area contributed by atoms with Gasteiger partial charge in [0.05, 0.1) is 19.6 Å². The van der Waals surface area contributed by atoms with Gasteiger partial charge in [-0.25, -0.2) is 0 Å². The van der Waals surface area contributed by atoms with E-state index in [0.717, 1.165) is 24.3 Å². The Labute approximate surface area is 159 Å². The first-order valence-corrected chi connectivity index (χ1v) is 8.94. The summed E-state index contributed by atoms with van der Waals surface area (Å²) in [6, 6.07) is 7.29. The van der Waals surface area contributed by atoms with Crippen LogP contribution in [0.4, 0.5) is 5.69 Å². The van der Waals surface area contributed by atoms with Crippen molar-refractivity contribution in [1.29, 1.82) is 0 Å². The molecule has 0 radical (unpaired) electrons. The molecule has 1 aromatic rings. The molecule has 0 aliphatic carbocycles. The van der Waals surface area contributed by atoms with Crippen LogP contribution in [0.15, 0.2) is 24.3 Å². The number of amides is 1. The summed E-state index contributed by atoms with van der Waals surface area (Å²) in [5.41, 5.74) is 0.733. The average molecular weight is 382 g/mol. The molecule has 1 rings (SSSR count). The van der Waals surface area contributed by atoms with Gasteiger partial charge in [0.25, 0.3) is 0 Å². The number of methoxy groups -OCH3 is 1. The fourth-order valence-corrected chi connectivity index (χ4v) is 2.08. The predicted molar refractivity (Wildman–Crippen MR) is 103 cm³/mol. The van der Waals surface area contributed by atoms with Crippen LogP contribution in [-0.2, 0) is 19.1 Å². The number of rotatable bonds is 11. The van der Waals surface area contributed by atoms with E-state index >= 15 is 0 Å². The number of hydrogen-bond donors (Lipinski definition) is 2. The number of nitrogens with one attached hydrogen (secondary N) is 2. The van der Waals surface area contributed by atoms with Crippen molar-refractivity contribution >= 4 is 34.9 Å². The van der Waals surface area contributed by atoms with Gasteiger partial charge in [0.1, 0.15) is 12.4 Å². The highest BCUT2D eigenvalue weighted by Gasteiger charge is 2.09. The molecule has 0 heterocycles. The van der Waals surface area contributed by atoms with Crippen molar-refractivity contribution in [1.82, 2.24) is 5.32 Å². The van der Waals surface area contributed by atoms with Crippen LogP contribution in [0.25, 0.3) is 0 Å². The van der Waals surface area contributed by atoms with Gasteiger partial charge in [0, 0.05) is 19.2 Å². The summed E-state index contributed by atoms with van der Waals surface area (Å²) in [7, 11) is 1.52. The fourth-order valence-electron chi connectivity index (χ4n) is 1.85. The molecule has 0 fully saturated rings. The first kappa shape index (κ1) is 21.9. The topological polar surface area (TPSA) is 85.9 Å². The standard InChI is InChI=1S/C18H26N2O5S/c1-3-4-11-24-15-7-5-14(6-8-15)19-18(26)20-16(21)9-10-17(22)25-13-12-23-2/h5-8H,3-4,9-13H2,1-2H3,(H2,19,20,21,26). The molecule has 2 N–H and O–H groups in total. The monoisotopic (exact) mass is 382 g/mol. The van der Waals surface area contributed by atoms with E-state index in [1.165, 1.54) is 7.11 Å². The Hall–Kier alpha value is -2.19. The summed E-state index contributed by atoms with van der Waals surface area (Å²) >= 11 is 5.09. The van der Waals surface area contributed by atoms with Crippen LogP contribution in [-0.4, -0.2) is 43.9 Å². The lowest BCUT2D eigenvalue weighted by molar-refractivity contribution is -0.146. The molecule has 0 spiro atoms. The summed E-state index contributed by atoms with van der Waals surface area (Å²) in [6.07, 6.45) is 2.08. The number of esters is 1. The lowest BCUT2D eigenvalue weighted by Crippen LogP contribution is -2.34. The van der Waals surface area contributed by atoms with Crippen molar-refractivity contribution in [3.63, 3.8) is 0 Å². The minimum absolute atomic E-state index is 0.00214. The summed E-state index contributed by atoms with van der Waals surface area (Å²) in [5, 5.41) is 5.60. The SMILES string of the molecule is CCCCOc1ccc(NC(=S)NC(=O)CCC(=O)OCCOC)cc1. The molecule has 0 unspecified atom stereocenters. The predicted octanol–water partition coefficient (Wildman–Crippen LogP) is 2.65. The van der Waals surface area contributed by atoms with Crippen LogP contribution >= 0.6 is 12.2 Å². The van der Waals surface area contributed by atoms with E-state index in [1.807, 2.05) is 24.3 Å². The zero-order chi connectivity index (χ0) is 19.2. The van der Waals surface area contributed by atoms with E-state index in [-0.39, 0.29) is 30.5 Å². The second-order valence-electron chi connectivity index (χ2n) is 5.44. The zero-order valence-electron chi connectivity index (χ0n) is 15.2. The first-order chi connectivity index (χ1) is 12.5. The molecule has 1 aromatic carbocycles. The Bertz CT molecular complexity index is 577. The van der Waals surface area contributed by atoms with Gasteiger partial charge in [-0.15, -0.1) is 0 Å². The molecular weight excluding hydrogens is 356 g/mol. The van der Waals surface area contributed by atoms with Gasteiger partial charge in [0.2, 0.25) is 5.91 Å². The van der Waals surface area contributed by atoms with Gasteiger partial charge >= 0.3 is 5.97 Å². The normalized spacial score (nSPS) is 10.1. The fraction of sp³-hybridized carbons (Fsp3) is 0.500. The number of carbonyl (C=O) groups is 2. The molecule has 0 aliphatic rings. The third-order valence-electron chi connectivity index (χ3n) is 3.24. The Morgan fingerprint density at radius 3 is 2.46 bits per heavy atom. The highest BCUT2D eigenvalue weighted by atomic mass is 32.1. The number of hydrogen-bond acceptors (Lipinski definition) is 6. The van der Waals surface area contributed by atoms with Gasteiger partial charge in [-0.05, 0) is 42.9 Å². The van der Waals surface area contributed by atoms with E-state index in [4.69, 9.17) is 26.4 Å². The van der Waals surface area contributed by atoms with Gasteiger partial charge in [0.15, 0.2) is 5.11 Å². The number of ether oxygens (including phenoxy) is 3. The molecule has 26 heavy (non-hydrogen) atoms. The van der Waals surface area contributed by atoms with Gasteiger partial charge in [-0.3, -0.25) is 9.59 Å². The van der Waals surface area contributed by atoms with E-state index in [2.05, 4.69) is 17.6 Å². The van der Waals surface area contributed by atoms with Crippen LogP contribution in [0, 0.1) is 0 Å². The van der Waals surface area contributed by atoms with Crippen LogP contribution in [0.3, 0.4) is 0 Å². The molecule has 7 nitrogen and oxygen atoms in total. The minimum Gasteiger partial charge on any atom is -0.494 e. The number of carbonyl (C=O) groups excluding carboxylic acids is 2. The van der Waals surface area contributed by atoms with Gasteiger partial charge in [-0.2, -0.15) is 0 Å². The van der Waals surface area contributed by atoms with E-state index in [9.17, 15) is 9.59 Å². The smallest absolute Gasteiger partial charge is 0.306 e. The van der Waals surface area contributed by atoms with Crippen molar-refractivity contribution in [3.05, 3.63) is 24.3 Å². The van der Waals surface area contributed by atoms with Crippen molar-refractivity contribution < 1.29 is 23.8 Å². The number of thiocarbonyl (C=S) groups is 1. The van der Waals surface area contributed by atoms with Crippen molar-refractivity contribution in [3.8, 4) is 5.75 Å². The lowest BCUT2D eigenvalue weighted by Gasteiger charge is -2.11. The van der Waals surface area contributed by atoms with Gasteiger partial charge in [-0.1, -0.05) is 13.3 Å². The van der Waals surface area contributed by atoms with Gasteiger partial charge < -0.3 is 24.8 Å². The summed E-state index contributed by atoms with van der Waals surface area (Å²) in [6.45, 7) is 3.30. The third kappa shape index (κ3) is 9.95. The first-order valence-electron chi connectivity index (χ1n) is 8.53. The summed E-state index contributed by atoms with van der Waals surface area (Å²) < 4.78 is 15.2. The molecule has 0 bridgehead atoms. The molecule has 0 atom stereocenters. The van der Waals surface area contributed by atoms with Crippen LogP contribution < -0.4 is 15.4 Å². The maximum absolute atomic E-state index is 11.8. The molecule has 0 aromatic heterocycles. The van der Waals surface area contributed by atoms with Crippen molar-refractivity contribution in [2.75, 3.05) is 32.2 Å². The zero-order valence-corrected chi connectivity index (χ0v) is 16.0. The quantitative estimate of drug-likeness (QED) is 0.346. The Morgan fingerprint density at radius 2 is 1.81 bits per heavy atom. The molecule has 0 saturated heterocycles. The molecule has 144 valence electrons. The van der Waals surface area contributed by atoms with E-state index in [1.54, 1.807) is 0 Å². The Kier molecular flexibility index (Phi) is 11.0. The lowest BCUT2D eigenvalue weighted by atomic mass is 10.3. The number of anilines is 1. The summed E-state index contributed by atoms with van der Waals surface area (Å²) in [5.74, 6) is -0.0219. The largest absolute Gasteiger partial charge is 0.494 e. The minimum atomic E-state index is -0.449. The average Bonchev–Trinajstić information content (AvgIpc) is 2.62. The highest BCUT2D eigenvalue weighted by molar-refractivity contribution is 7.80. The summed E-state index contributed by atoms with van der Waals surface area (Å²) in [4.78, 5) is 23.2. The highest BCUT2D eigenvalue weighted by Crippen LogP contribution is 2.16. The molecular formula is C18H26N2O5S. The second-order valence-corrected chi connectivity index (χ2v) is 5.85. The van der Waals surface area contributed by atoms with E-state index < -0.39 is 5.97 Å². The Balaban J connectivity index is 2.28. The van der Waals surface area contributed by atoms with Crippen molar-refractivity contribution in [2.24, 2.45) is 0 Å². The van der Waals surface area contributed by atoms with Crippen molar-refractivity contribution in [2.45, 2.75) is 32.6 Å². The molecule has 0 saturated carbocycles. The Morgan fingerprint density at radius 1 is 1.08 bits per heavy atom. The maximum atomic E-state index is 11.8. The molecule has 0 aliphatic heterocycles. The number of unbranched alkanes of at least 4 members (excludes halogenated alkanes) is 1.